The van der Waals surface area contributed by atoms with Crippen molar-refractivity contribution in [3.8, 4) is 23.0 Å². The average molecular weight is 1060 g/mol. The normalized spacial score (nSPS) is 13.3. The number of phenolic OH excluding ortho intramolecular Hbond substituents is 4. The van der Waals surface area contributed by atoms with E-state index in [1.165, 1.54) is 0 Å². The Morgan fingerprint density at radius 2 is 0.657 bits per heavy atom. The first-order valence-electron chi connectivity index (χ1n) is 16.9. The Labute approximate surface area is 398 Å². The maximum atomic E-state index is 12.5. The summed E-state index contributed by atoms with van der Waals surface area (Å²) >= 11 is 0. The van der Waals surface area contributed by atoms with Gasteiger partial charge in [0.05, 0.1) is 31.9 Å². The zero-order valence-electron chi connectivity index (χ0n) is 32.7. The fraction of sp³-hybridized carbons (Fsp3) is 0. The zero-order valence-corrected chi connectivity index (χ0v) is 39.6. The summed E-state index contributed by atoms with van der Waals surface area (Å²) in [6, 6.07) is 7.98. The van der Waals surface area contributed by atoms with E-state index in [0.717, 1.165) is 36.4 Å². The Bertz CT molecular complexity index is 3650. The monoisotopic (exact) mass is 1050 g/mol. The summed E-state index contributed by atoms with van der Waals surface area (Å²) < 4.78 is 205. The van der Waals surface area contributed by atoms with Crippen molar-refractivity contribution in [2.24, 2.45) is 20.5 Å². The van der Waals surface area contributed by atoms with E-state index in [0.29, 0.717) is 48.5 Å². The van der Waals surface area contributed by atoms with Crippen molar-refractivity contribution in [3.63, 3.8) is 0 Å². The first-order chi connectivity index (χ1) is 30.2. The molecule has 0 fully saturated rings. The third-order valence-electron chi connectivity index (χ3n) is 8.88. The molecule has 6 aromatic rings. The van der Waals surface area contributed by atoms with E-state index in [-0.39, 0.29) is 29.6 Å². The summed E-state index contributed by atoms with van der Waals surface area (Å²) in [4.78, 5) is -6.46. The first kappa shape index (κ1) is 52.4. The van der Waals surface area contributed by atoms with Crippen LogP contribution < -0.4 is 29.6 Å². The Hall–Kier alpha value is -5.56. The van der Waals surface area contributed by atoms with Crippen LogP contribution in [-0.4, -0.2) is 98.2 Å². The molecule has 0 bridgehead atoms. The molecule has 0 spiro atoms. The number of benzene rings is 6. The SMILES string of the molecule is O=S(=O)(O)c1cc(O)c2c(O)cc(S(=O)(=O)O)c(N=Nc3ccc(/C=C/c4ccc(N=Nc5c(S(=O)(=O)O)cc(O)c6c(O)cc(S(=O)(=O)O)cc56)cc4S(=O)(=O)O)c(S(=O)(=O)O)c3)c2c1.[Na+]. The van der Waals surface area contributed by atoms with E-state index >= 15 is 0 Å². The Balaban J connectivity index is 0.00000840. The van der Waals surface area contributed by atoms with Crippen molar-refractivity contribution in [3.05, 3.63) is 83.9 Å². The maximum absolute atomic E-state index is 12.5. The standard InChI is InChI=1S/C34H24N4O22S6.Na/c39-23-11-19(61(43,44)45)9-21-31(23)25(41)13-29(65(55,56)57)33(21)37-35-17-5-3-15(27(7-17)63(49,50)51)1-2-16-4-6-18(8-28(16)64(52,53)54)36-38-34-22-10-20(62(46,47)48)12-24(40)32(22)26(42)14-30(34)66(58,59)60;/h1-14,39-42H,(H,43,44,45)(H,46,47,48)(H,49,50,51)(H,52,53,54)(H,55,56,57)(H,58,59,60);/q;+1/b2-1+,37-35?,38-36?;. The summed E-state index contributed by atoms with van der Waals surface area (Å²) in [5, 5.41) is 53.5. The van der Waals surface area contributed by atoms with Crippen molar-refractivity contribution in [2.75, 3.05) is 0 Å². The number of phenols is 4. The average Bonchev–Trinajstić information content (AvgIpc) is 3.16. The fourth-order valence-electron chi connectivity index (χ4n) is 6.09. The van der Waals surface area contributed by atoms with Crippen LogP contribution in [0.3, 0.4) is 0 Å². The van der Waals surface area contributed by atoms with E-state index in [1.807, 2.05) is 0 Å². The van der Waals surface area contributed by atoms with Crippen molar-refractivity contribution < 1.29 is 128 Å². The van der Waals surface area contributed by atoms with Gasteiger partial charge in [0.25, 0.3) is 60.7 Å². The molecule has 0 heterocycles. The van der Waals surface area contributed by atoms with Gasteiger partial charge in [-0.15, -0.1) is 10.2 Å². The predicted molar refractivity (Wildman–Crippen MR) is 224 cm³/mol. The molecule has 0 amide bonds. The van der Waals surface area contributed by atoms with Crippen LogP contribution in [0.25, 0.3) is 33.7 Å². The molecule has 6 aromatic carbocycles. The summed E-state index contributed by atoms with van der Waals surface area (Å²) in [7, 11) is -31.4. The molecule has 0 radical (unpaired) electrons. The van der Waals surface area contributed by atoms with E-state index in [4.69, 9.17) is 0 Å². The Kier molecular flexibility index (Phi) is 14.2. The molecule has 0 aromatic heterocycles. The third-order valence-corrected chi connectivity index (χ3v) is 14.1. The quantitative estimate of drug-likeness (QED) is 0.0364. The van der Waals surface area contributed by atoms with Crippen LogP contribution in [0.15, 0.2) is 123 Å². The van der Waals surface area contributed by atoms with Crippen molar-refractivity contribution in [1.29, 1.82) is 0 Å². The molecular formula is C34H24N4NaO22S6+. The number of aromatic hydroxyl groups is 4. The smallest absolute Gasteiger partial charge is 0.507 e. The molecule has 0 atom stereocenters. The van der Waals surface area contributed by atoms with Gasteiger partial charge >= 0.3 is 29.6 Å². The van der Waals surface area contributed by atoms with E-state index < -0.39 is 169 Å². The molecule has 6 rings (SSSR count). The number of nitrogens with zero attached hydrogens (tertiary/aromatic N) is 4. The number of rotatable bonds is 12. The largest absolute Gasteiger partial charge is 1.00 e. The van der Waals surface area contributed by atoms with Gasteiger partial charge < -0.3 is 20.4 Å². The van der Waals surface area contributed by atoms with E-state index in [9.17, 15) is 98.2 Å². The minimum atomic E-state index is -5.34. The van der Waals surface area contributed by atoms with E-state index in [1.54, 1.807) is 0 Å². The molecular weight excluding hydrogens is 1030 g/mol. The zero-order chi connectivity index (χ0) is 49.3. The van der Waals surface area contributed by atoms with Crippen molar-refractivity contribution >= 4 is 117 Å². The predicted octanol–water partition coefficient (Wildman–Crippen LogP) is 2.30. The van der Waals surface area contributed by atoms with Gasteiger partial charge in [0, 0.05) is 35.0 Å². The van der Waals surface area contributed by atoms with Gasteiger partial charge in [-0.25, -0.2) is 0 Å². The first-order valence-corrected chi connectivity index (χ1v) is 25.5. The molecule has 67 heavy (non-hydrogen) atoms. The van der Waals surface area contributed by atoms with Gasteiger partial charge in [-0.2, -0.15) is 60.7 Å². The fourth-order valence-corrected chi connectivity index (χ4v) is 9.87. The van der Waals surface area contributed by atoms with Gasteiger partial charge in [-0.1, -0.05) is 24.3 Å². The van der Waals surface area contributed by atoms with Crippen LogP contribution in [0.5, 0.6) is 23.0 Å². The number of fused-ring (bicyclic) bond motifs is 2. The second-order valence-corrected chi connectivity index (χ2v) is 21.6. The Morgan fingerprint density at radius 1 is 0.358 bits per heavy atom. The third kappa shape index (κ3) is 11.3. The van der Waals surface area contributed by atoms with Crippen LogP contribution in [-0.2, 0) is 60.7 Å². The molecule has 0 saturated heterocycles. The molecule has 0 unspecified atom stereocenters. The van der Waals surface area contributed by atoms with Crippen LogP contribution in [0.4, 0.5) is 22.7 Å². The molecule has 0 saturated carbocycles. The van der Waals surface area contributed by atoms with E-state index in [2.05, 4.69) is 20.5 Å². The second-order valence-electron chi connectivity index (χ2n) is 13.2. The molecule has 33 heteroatoms. The summed E-state index contributed by atoms with van der Waals surface area (Å²) in [5.41, 5.74) is -3.80. The Morgan fingerprint density at radius 3 is 0.940 bits per heavy atom. The van der Waals surface area contributed by atoms with Crippen LogP contribution >= 0.6 is 0 Å². The number of hydrogen-bond donors (Lipinski definition) is 10. The van der Waals surface area contributed by atoms with Crippen LogP contribution in [0.2, 0.25) is 0 Å². The number of azo groups is 2. The van der Waals surface area contributed by atoms with Crippen LogP contribution in [0.1, 0.15) is 11.1 Å². The second kappa shape index (κ2) is 18.2. The minimum absolute atomic E-state index is 0. The van der Waals surface area contributed by atoms with Gasteiger partial charge in [-0.3, -0.25) is 27.3 Å². The van der Waals surface area contributed by atoms with Crippen molar-refractivity contribution in [1.82, 2.24) is 0 Å². The maximum Gasteiger partial charge on any atom is 1.00 e. The summed E-state index contributed by atoms with van der Waals surface area (Å²) in [5.74, 6) is -4.07. The minimum Gasteiger partial charge on any atom is -0.507 e. The molecule has 0 aliphatic rings. The molecule has 26 nitrogen and oxygen atoms in total. The van der Waals surface area contributed by atoms with Gasteiger partial charge in [0.1, 0.15) is 54.0 Å². The van der Waals surface area contributed by atoms with Gasteiger partial charge in [-0.05, 0) is 47.5 Å². The summed E-state index contributed by atoms with van der Waals surface area (Å²) in [6.45, 7) is 0. The van der Waals surface area contributed by atoms with Crippen LogP contribution in [0, 0.1) is 0 Å². The molecule has 0 aliphatic heterocycles. The summed E-state index contributed by atoms with van der Waals surface area (Å²) in [6.07, 6.45) is 1.78. The molecule has 0 aliphatic carbocycles. The van der Waals surface area contributed by atoms with Gasteiger partial charge in [0.2, 0.25) is 0 Å². The molecule has 348 valence electrons. The molecule has 10 N–H and O–H groups in total. The van der Waals surface area contributed by atoms with Gasteiger partial charge in [0.15, 0.2) is 0 Å². The topological polar surface area (TPSA) is 457 Å². The number of hydrogen-bond acceptors (Lipinski definition) is 20. The van der Waals surface area contributed by atoms with Crippen molar-refractivity contribution in [2.45, 2.75) is 29.4 Å².